The minimum absolute atomic E-state index is 0.321. The van der Waals surface area contributed by atoms with Crippen LogP contribution < -0.4 is 5.32 Å². The van der Waals surface area contributed by atoms with Gasteiger partial charge in [-0.05, 0) is 29.8 Å². The number of amides is 1. The number of hydrogen-bond acceptors (Lipinski definition) is 2. The van der Waals surface area contributed by atoms with E-state index in [-0.39, 0.29) is 11.7 Å². The van der Waals surface area contributed by atoms with Crippen LogP contribution in [0.1, 0.15) is 27.8 Å². The Morgan fingerprint density at radius 2 is 1.92 bits per heavy atom. The Morgan fingerprint density at radius 3 is 2.54 bits per heavy atom. The number of nitrogens with zero attached hydrogens (tertiary/aromatic N) is 2. The Kier molecular flexibility index (Phi) is 4.62. The average Bonchev–Trinajstić information content (AvgIpc) is 2.99. The maximum atomic E-state index is 13.2. The second kappa shape index (κ2) is 6.84. The standard InChI is InChI=1S/C18H15ClFN3O/c1-23-11-10-21-17(23)16(12-6-8-13(20)9-7-12)22-18(24)14-4-2-3-5-15(14)19/h2-11,16H,1H3,(H,22,24). The molecule has 0 aliphatic rings. The quantitative estimate of drug-likeness (QED) is 0.784. The van der Waals surface area contributed by atoms with Gasteiger partial charge in [-0.2, -0.15) is 0 Å². The fourth-order valence-corrected chi connectivity index (χ4v) is 2.68. The SMILES string of the molecule is Cn1ccnc1C(NC(=O)c1ccccc1Cl)c1ccc(F)cc1. The molecule has 4 nitrogen and oxygen atoms in total. The van der Waals surface area contributed by atoms with E-state index in [1.807, 2.05) is 7.05 Å². The Labute approximate surface area is 143 Å². The molecule has 1 atom stereocenters. The minimum atomic E-state index is -0.519. The van der Waals surface area contributed by atoms with E-state index < -0.39 is 6.04 Å². The zero-order chi connectivity index (χ0) is 17.1. The highest BCUT2D eigenvalue weighted by Crippen LogP contribution is 2.23. The number of imidazole rings is 1. The van der Waals surface area contributed by atoms with E-state index in [1.54, 1.807) is 53.4 Å². The van der Waals surface area contributed by atoms with Crippen LogP contribution in [-0.2, 0) is 7.05 Å². The Hall–Kier alpha value is -2.66. The van der Waals surface area contributed by atoms with Gasteiger partial charge in [-0.3, -0.25) is 4.79 Å². The first-order valence-electron chi connectivity index (χ1n) is 7.34. The van der Waals surface area contributed by atoms with Crippen LogP contribution in [0.4, 0.5) is 4.39 Å². The van der Waals surface area contributed by atoms with Crippen molar-refractivity contribution in [3.8, 4) is 0 Å². The van der Waals surface area contributed by atoms with Gasteiger partial charge in [0, 0.05) is 19.4 Å². The molecule has 1 heterocycles. The number of benzene rings is 2. The van der Waals surface area contributed by atoms with Gasteiger partial charge in [-0.15, -0.1) is 0 Å². The predicted octanol–water partition coefficient (Wildman–Crippen LogP) is 3.73. The number of aromatic nitrogens is 2. The molecule has 0 fully saturated rings. The van der Waals surface area contributed by atoms with Crippen LogP contribution in [-0.4, -0.2) is 15.5 Å². The number of nitrogens with one attached hydrogen (secondary N) is 1. The zero-order valence-corrected chi connectivity index (χ0v) is 13.7. The van der Waals surface area contributed by atoms with Crippen molar-refractivity contribution in [2.24, 2.45) is 7.05 Å². The second-order valence-corrected chi connectivity index (χ2v) is 5.74. The van der Waals surface area contributed by atoms with E-state index in [1.165, 1.54) is 12.1 Å². The molecule has 122 valence electrons. The summed E-state index contributed by atoms with van der Waals surface area (Å²) in [6.07, 6.45) is 3.43. The van der Waals surface area contributed by atoms with Crippen LogP contribution in [0, 0.1) is 5.82 Å². The predicted molar refractivity (Wildman–Crippen MR) is 90.4 cm³/mol. The molecular formula is C18H15ClFN3O. The van der Waals surface area contributed by atoms with Gasteiger partial charge in [-0.1, -0.05) is 35.9 Å². The molecule has 24 heavy (non-hydrogen) atoms. The Bertz CT molecular complexity index is 861. The van der Waals surface area contributed by atoms with Crippen molar-refractivity contribution in [1.82, 2.24) is 14.9 Å². The van der Waals surface area contributed by atoms with Gasteiger partial charge in [0.2, 0.25) is 0 Å². The molecule has 0 saturated carbocycles. The number of halogens is 2. The van der Waals surface area contributed by atoms with E-state index in [2.05, 4.69) is 10.3 Å². The van der Waals surface area contributed by atoms with Crippen molar-refractivity contribution in [1.29, 1.82) is 0 Å². The Morgan fingerprint density at radius 1 is 1.21 bits per heavy atom. The normalized spacial score (nSPS) is 12.0. The molecule has 1 unspecified atom stereocenters. The van der Waals surface area contributed by atoms with E-state index >= 15 is 0 Å². The number of carbonyl (C=O) groups is 1. The summed E-state index contributed by atoms with van der Waals surface area (Å²) in [4.78, 5) is 16.9. The van der Waals surface area contributed by atoms with Crippen LogP contribution >= 0.6 is 11.6 Å². The van der Waals surface area contributed by atoms with Gasteiger partial charge in [0.15, 0.2) is 0 Å². The van der Waals surface area contributed by atoms with Gasteiger partial charge >= 0.3 is 0 Å². The van der Waals surface area contributed by atoms with Crippen molar-refractivity contribution in [2.45, 2.75) is 6.04 Å². The third kappa shape index (κ3) is 3.31. The first kappa shape index (κ1) is 16.2. The Balaban J connectivity index is 1.97. The van der Waals surface area contributed by atoms with E-state index in [0.717, 1.165) is 5.56 Å². The largest absolute Gasteiger partial charge is 0.338 e. The maximum absolute atomic E-state index is 13.2. The molecular weight excluding hydrogens is 329 g/mol. The molecule has 6 heteroatoms. The fraction of sp³-hybridized carbons (Fsp3) is 0.111. The number of rotatable bonds is 4. The summed E-state index contributed by atoms with van der Waals surface area (Å²) in [5.41, 5.74) is 1.10. The highest BCUT2D eigenvalue weighted by Gasteiger charge is 2.22. The van der Waals surface area contributed by atoms with Crippen molar-refractivity contribution < 1.29 is 9.18 Å². The summed E-state index contributed by atoms with van der Waals surface area (Å²) in [5, 5.41) is 3.29. The lowest BCUT2D eigenvalue weighted by Crippen LogP contribution is -2.31. The third-order valence-corrected chi connectivity index (χ3v) is 4.04. The van der Waals surface area contributed by atoms with Crippen LogP contribution in [0.5, 0.6) is 0 Å². The average molecular weight is 344 g/mol. The number of hydrogen-bond donors (Lipinski definition) is 1. The molecule has 0 aliphatic carbocycles. The second-order valence-electron chi connectivity index (χ2n) is 5.33. The van der Waals surface area contributed by atoms with Crippen molar-refractivity contribution >= 4 is 17.5 Å². The molecule has 1 amide bonds. The summed E-state index contributed by atoms with van der Waals surface area (Å²) in [6.45, 7) is 0. The molecule has 1 aromatic heterocycles. The van der Waals surface area contributed by atoms with Crippen molar-refractivity contribution in [3.05, 3.63) is 88.7 Å². The summed E-state index contributed by atoms with van der Waals surface area (Å²) in [5.74, 6) is -0.0188. The number of carbonyl (C=O) groups excluding carboxylic acids is 1. The molecule has 3 aromatic rings. The lowest BCUT2D eigenvalue weighted by molar-refractivity contribution is 0.0941. The number of aryl methyl sites for hydroxylation is 1. The van der Waals surface area contributed by atoms with Crippen molar-refractivity contribution in [2.75, 3.05) is 0 Å². The van der Waals surface area contributed by atoms with Crippen LogP contribution in [0.15, 0.2) is 60.9 Å². The highest BCUT2D eigenvalue weighted by atomic mass is 35.5. The zero-order valence-electron chi connectivity index (χ0n) is 12.9. The lowest BCUT2D eigenvalue weighted by atomic mass is 10.1. The monoisotopic (exact) mass is 343 g/mol. The van der Waals surface area contributed by atoms with Crippen LogP contribution in [0.25, 0.3) is 0 Å². The molecule has 0 bridgehead atoms. The van der Waals surface area contributed by atoms with E-state index in [9.17, 15) is 9.18 Å². The third-order valence-electron chi connectivity index (χ3n) is 3.71. The van der Waals surface area contributed by atoms with Crippen LogP contribution in [0.3, 0.4) is 0 Å². The smallest absolute Gasteiger partial charge is 0.253 e. The first-order chi connectivity index (χ1) is 11.6. The highest BCUT2D eigenvalue weighted by molar-refractivity contribution is 6.33. The van der Waals surface area contributed by atoms with Gasteiger partial charge in [-0.25, -0.2) is 9.37 Å². The molecule has 0 aliphatic heterocycles. The van der Waals surface area contributed by atoms with Crippen LogP contribution in [0.2, 0.25) is 5.02 Å². The van der Waals surface area contributed by atoms with E-state index in [4.69, 9.17) is 11.6 Å². The molecule has 0 saturated heterocycles. The summed E-state index contributed by atoms with van der Waals surface area (Å²) >= 11 is 6.09. The molecule has 3 rings (SSSR count). The van der Waals surface area contributed by atoms with E-state index in [0.29, 0.717) is 16.4 Å². The first-order valence-corrected chi connectivity index (χ1v) is 7.72. The van der Waals surface area contributed by atoms with Gasteiger partial charge < -0.3 is 9.88 Å². The molecule has 0 spiro atoms. The minimum Gasteiger partial charge on any atom is -0.338 e. The lowest BCUT2D eigenvalue weighted by Gasteiger charge is -2.19. The van der Waals surface area contributed by atoms with Crippen molar-refractivity contribution in [3.63, 3.8) is 0 Å². The summed E-state index contributed by atoms with van der Waals surface area (Å²) < 4.78 is 15.0. The maximum Gasteiger partial charge on any atom is 0.253 e. The van der Waals surface area contributed by atoms with Gasteiger partial charge in [0.25, 0.3) is 5.91 Å². The fourth-order valence-electron chi connectivity index (χ4n) is 2.46. The van der Waals surface area contributed by atoms with Gasteiger partial charge in [0.1, 0.15) is 17.7 Å². The molecule has 2 aromatic carbocycles. The summed E-state index contributed by atoms with van der Waals surface area (Å²) in [7, 11) is 1.83. The molecule has 0 radical (unpaired) electrons. The molecule has 1 N–H and O–H groups in total. The van der Waals surface area contributed by atoms with Gasteiger partial charge in [0.05, 0.1) is 10.6 Å². The topological polar surface area (TPSA) is 46.9 Å². The summed E-state index contributed by atoms with van der Waals surface area (Å²) in [6, 6.07) is 12.3.